The van der Waals surface area contributed by atoms with Gasteiger partial charge >= 0.3 is 0 Å². The molecule has 0 saturated heterocycles. The predicted molar refractivity (Wildman–Crippen MR) is 99.2 cm³/mol. The molecule has 24 heavy (non-hydrogen) atoms. The molecule has 5 heteroatoms. The van der Waals surface area contributed by atoms with Crippen molar-refractivity contribution in [1.29, 1.82) is 0 Å². The fourth-order valence-electron chi connectivity index (χ4n) is 2.44. The van der Waals surface area contributed by atoms with Gasteiger partial charge in [-0.2, -0.15) is 0 Å². The molecular formula is C19H30N4O. The molecule has 2 rings (SSSR count). The summed E-state index contributed by atoms with van der Waals surface area (Å²) >= 11 is 0. The molecule has 1 aromatic carbocycles. The van der Waals surface area contributed by atoms with E-state index in [4.69, 9.17) is 0 Å². The summed E-state index contributed by atoms with van der Waals surface area (Å²) in [6.07, 6.45) is 3.67. The lowest BCUT2D eigenvalue weighted by molar-refractivity contribution is -0.121. The Kier molecular flexibility index (Phi) is 7.59. The molecule has 1 aliphatic carbocycles. The normalized spacial score (nSPS) is 15.7. The quantitative estimate of drug-likeness (QED) is 0.370. The van der Waals surface area contributed by atoms with E-state index in [1.807, 2.05) is 6.07 Å². The maximum absolute atomic E-state index is 11.7. The number of aliphatic imine (C=N–C) groups is 1. The Bertz CT molecular complexity index is 525. The Morgan fingerprint density at radius 3 is 2.67 bits per heavy atom. The van der Waals surface area contributed by atoms with E-state index in [1.165, 1.54) is 5.56 Å². The SMILES string of the molecule is CCNC(=NCC(C)c1ccccc1)NCCCC(=O)NC1CC1. The fraction of sp³-hybridized carbons (Fsp3) is 0.579. The third-order valence-corrected chi connectivity index (χ3v) is 4.05. The highest BCUT2D eigenvalue weighted by Gasteiger charge is 2.22. The van der Waals surface area contributed by atoms with Crippen molar-refractivity contribution in [3.05, 3.63) is 35.9 Å². The van der Waals surface area contributed by atoms with Crippen molar-refractivity contribution in [3.8, 4) is 0 Å². The van der Waals surface area contributed by atoms with Crippen LogP contribution >= 0.6 is 0 Å². The zero-order valence-corrected chi connectivity index (χ0v) is 14.8. The number of nitrogens with zero attached hydrogens (tertiary/aromatic N) is 1. The van der Waals surface area contributed by atoms with E-state index in [0.717, 1.165) is 44.9 Å². The van der Waals surface area contributed by atoms with Gasteiger partial charge in [0.05, 0.1) is 0 Å². The second kappa shape index (κ2) is 9.96. The van der Waals surface area contributed by atoms with Crippen molar-refractivity contribution in [2.45, 2.75) is 51.5 Å². The molecule has 1 aliphatic rings. The molecule has 5 nitrogen and oxygen atoms in total. The van der Waals surface area contributed by atoms with Gasteiger partial charge in [-0.3, -0.25) is 9.79 Å². The smallest absolute Gasteiger partial charge is 0.220 e. The van der Waals surface area contributed by atoms with Crippen LogP contribution in [-0.2, 0) is 4.79 Å². The molecule has 1 unspecified atom stereocenters. The summed E-state index contributed by atoms with van der Waals surface area (Å²) in [5, 5.41) is 9.58. The van der Waals surface area contributed by atoms with E-state index < -0.39 is 0 Å². The van der Waals surface area contributed by atoms with Crippen LogP contribution in [0.25, 0.3) is 0 Å². The summed E-state index contributed by atoms with van der Waals surface area (Å²) in [6, 6.07) is 10.9. The zero-order valence-electron chi connectivity index (χ0n) is 14.8. The van der Waals surface area contributed by atoms with Gasteiger partial charge in [-0.05, 0) is 31.7 Å². The van der Waals surface area contributed by atoms with E-state index in [-0.39, 0.29) is 5.91 Å². The van der Waals surface area contributed by atoms with Crippen molar-refractivity contribution >= 4 is 11.9 Å². The molecule has 0 heterocycles. The first-order valence-corrected chi connectivity index (χ1v) is 9.05. The van der Waals surface area contributed by atoms with Gasteiger partial charge in [0.2, 0.25) is 5.91 Å². The van der Waals surface area contributed by atoms with Crippen LogP contribution in [0.4, 0.5) is 0 Å². The van der Waals surface area contributed by atoms with Gasteiger partial charge in [0.15, 0.2) is 5.96 Å². The molecule has 0 spiro atoms. The molecule has 1 fully saturated rings. The van der Waals surface area contributed by atoms with Gasteiger partial charge in [0, 0.05) is 38.0 Å². The first-order chi connectivity index (χ1) is 11.7. The number of hydrogen-bond acceptors (Lipinski definition) is 2. The third-order valence-electron chi connectivity index (χ3n) is 4.05. The highest BCUT2D eigenvalue weighted by atomic mass is 16.1. The van der Waals surface area contributed by atoms with Crippen LogP contribution < -0.4 is 16.0 Å². The van der Waals surface area contributed by atoms with E-state index in [9.17, 15) is 4.79 Å². The van der Waals surface area contributed by atoms with Crippen LogP contribution in [0.3, 0.4) is 0 Å². The number of carbonyl (C=O) groups is 1. The topological polar surface area (TPSA) is 65.5 Å². The third kappa shape index (κ3) is 7.02. The Morgan fingerprint density at radius 2 is 2.00 bits per heavy atom. The zero-order chi connectivity index (χ0) is 17.2. The van der Waals surface area contributed by atoms with Gasteiger partial charge in [0.1, 0.15) is 0 Å². The molecular weight excluding hydrogens is 300 g/mol. The first-order valence-electron chi connectivity index (χ1n) is 9.05. The summed E-state index contributed by atoms with van der Waals surface area (Å²) < 4.78 is 0. The Labute approximate surface area is 145 Å². The lowest BCUT2D eigenvalue weighted by Gasteiger charge is -2.13. The van der Waals surface area contributed by atoms with E-state index in [1.54, 1.807) is 0 Å². The molecule has 0 aliphatic heterocycles. The lowest BCUT2D eigenvalue weighted by Crippen LogP contribution is -2.38. The minimum absolute atomic E-state index is 0.166. The van der Waals surface area contributed by atoms with Gasteiger partial charge in [-0.25, -0.2) is 0 Å². The average Bonchev–Trinajstić information content (AvgIpc) is 3.40. The van der Waals surface area contributed by atoms with Crippen LogP contribution in [0.5, 0.6) is 0 Å². The molecule has 1 aromatic rings. The second-order valence-corrected chi connectivity index (χ2v) is 6.40. The Hall–Kier alpha value is -2.04. The average molecular weight is 330 g/mol. The number of amides is 1. The first kappa shape index (κ1) is 18.3. The summed E-state index contributed by atoms with van der Waals surface area (Å²) in [5.74, 6) is 1.37. The van der Waals surface area contributed by atoms with Gasteiger partial charge in [-0.1, -0.05) is 37.3 Å². The predicted octanol–water partition coefficient (Wildman–Crippen LogP) is 2.40. The lowest BCUT2D eigenvalue weighted by atomic mass is 10.0. The van der Waals surface area contributed by atoms with Crippen molar-refractivity contribution in [2.75, 3.05) is 19.6 Å². The minimum atomic E-state index is 0.166. The number of guanidine groups is 1. The highest BCUT2D eigenvalue weighted by molar-refractivity contribution is 5.80. The number of nitrogens with one attached hydrogen (secondary N) is 3. The van der Waals surface area contributed by atoms with Crippen molar-refractivity contribution in [1.82, 2.24) is 16.0 Å². The molecule has 0 radical (unpaired) electrons. The van der Waals surface area contributed by atoms with E-state index in [2.05, 4.69) is 59.1 Å². The van der Waals surface area contributed by atoms with Crippen LogP contribution in [0.1, 0.15) is 51.0 Å². The van der Waals surface area contributed by atoms with Crippen molar-refractivity contribution < 1.29 is 4.79 Å². The largest absolute Gasteiger partial charge is 0.357 e. The monoisotopic (exact) mass is 330 g/mol. The fourth-order valence-corrected chi connectivity index (χ4v) is 2.44. The van der Waals surface area contributed by atoms with Gasteiger partial charge in [0.25, 0.3) is 0 Å². The van der Waals surface area contributed by atoms with Crippen molar-refractivity contribution in [3.63, 3.8) is 0 Å². The molecule has 0 aromatic heterocycles. The summed E-state index contributed by atoms with van der Waals surface area (Å²) in [4.78, 5) is 16.3. The Morgan fingerprint density at radius 1 is 1.25 bits per heavy atom. The summed E-state index contributed by atoms with van der Waals surface area (Å²) in [7, 11) is 0. The number of hydrogen-bond donors (Lipinski definition) is 3. The molecule has 132 valence electrons. The highest BCUT2D eigenvalue weighted by Crippen LogP contribution is 2.18. The second-order valence-electron chi connectivity index (χ2n) is 6.40. The van der Waals surface area contributed by atoms with E-state index in [0.29, 0.717) is 18.4 Å². The number of rotatable bonds is 9. The number of carbonyl (C=O) groups excluding carboxylic acids is 1. The van der Waals surface area contributed by atoms with Crippen LogP contribution in [-0.4, -0.2) is 37.5 Å². The molecule has 1 atom stereocenters. The standard InChI is InChI=1S/C19H30N4O/c1-3-20-19(21-13-7-10-18(24)23-17-11-12-17)22-14-15(2)16-8-5-4-6-9-16/h4-6,8-9,15,17H,3,7,10-14H2,1-2H3,(H,23,24)(H2,20,21,22). The van der Waals surface area contributed by atoms with Crippen LogP contribution in [0, 0.1) is 0 Å². The van der Waals surface area contributed by atoms with Gasteiger partial charge < -0.3 is 16.0 Å². The molecule has 3 N–H and O–H groups in total. The molecule has 1 saturated carbocycles. The van der Waals surface area contributed by atoms with Crippen molar-refractivity contribution in [2.24, 2.45) is 4.99 Å². The van der Waals surface area contributed by atoms with Gasteiger partial charge in [-0.15, -0.1) is 0 Å². The van der Waals surface area contributed by atoms with Crippen LogP contribution in [0.2, 0.25) is 0 Å². The summed E-state index contributed by atoms with van der Waals surface area (Å²) in [6.45, 7) is 6.56. The minimum Gasteiger partial charge on any atom is -0.357 e. The number of benzene rings is 1. The Balaban J connectivity index is 1.70. The molecule has 0 bridgehead atoms. The maximum Gasteiger partial charge on any atom is 0.220 e. The maximum atomic E-state index is 11.7. The summed E-state index contributed by atoms with van der Waals surface area (Å²) in [5.41, 5.74) is 1.30. The molecule has 1 amide bonds. The van der Waals surface area contributed by atoms with E-state index >= 15 is 0 Å². The van der Waals surface area contributed by atoms with Crippen LogP contribution in [0.15, 0.2) is 35.3 Å².